The van der Waals surface area contributed by atoms with Crippen LogP contribution in [0.3, 0.4) is 0 Å². The Morgan fingerprint density at radius 2 is 2.08 bits per heavy atom. The van der Waals surface area contributed by atoms with Gasteiger partial charge in [0.05, 0.1) is 12.6 Å². The normalized spacial score (nSPS) is 17.0. The lowest BCUT2D eigenvalue weighted by molar-refractivity contribution is 0.0579. The van der Waals surface area contributed by atoms with Crippen molar-refractivity contribution >= 4 is 5.91 Å². The molecule has 1 atom stereocenters. The molecule has 0 spiro atoms. The first-order valence-corrected chi connectivity index (χ1v) is 9.17. The molecule has 1 aliphatic heterocycles. The summed E-state index contributed by atoms with van der Waals surface area (Å²) in [6, 6.07) is 12.1. The van der Waals surface area contributed by atoms with Gasteiger partial charge in [-0.2, -0.15) is 0 Å². The van der Waals surface area contributed by atoms with Crippen molar-refractivity contribution in [2.75, 3.05) is 33.8 Å². The van der Waals surface area contributed by atoms with Gasteiger partial charge >= 0.3 is 0 Å². The lowest BCUT2D eigenvalue weighted by Crippen LogP contribution is -2.34. The molecule has 2 aromatic rings. The van der Waals surface area contributed by atoms with Gasteiger partial charge in [-0.3, -0.25) is 9.69 Å². The van der Waals surface area contributed by atoms with Crippen LogP contribution in [0.4, 0.5) is 0 Å². The average molecular weight is 357 g/mol. The Kier molecular flexibility index (Phi) is 6.41. The van der Waals surface area contributed by atoms with Gasteiger partial charge < -0.3 is 14.2 Å². The number of hydrogen-bond acceptors (Lipinski definition) is 5. The summed E-state index contributed by atoms with van der Waals surface area (Å²) >= 11 is 0. The van der Waals surface area contributed by atoms with Crippen LogP contribution >= 0.6 is 0 Å². The molecule has 2 heterocycles. The molecule has 1 saturated heterocycles. The van der Waals surface area contributed by atoms with Gasteiger partial charge in [0.15, 0.2) is 11.5 Å². The van der Waals surface area contributed by atoms with Crippen LogP contribution in [0.2, 0.25) is 0 Å². The number of carbonyl (C=O) groups is 1. The molecular weight excluding hydrogens is 330 g/mol. The minimum Gasteiger partial charge on any atom is -0.376 e. The third kappa shape index (κ3) is 5.16. The van der Waals surface area contributed by atoms with Gasteiger partial charge in [-0.25, -0.2) is 0 Å². The standard InChI is InChI=1S/C20H27N3O3/c1-22(11-10-16-7-4-3-5-8-16)14-18-13-19(21-26-18)20(24)23(2)15-17-9-6-12-25-17/h3-5,7-8,13,17H,6,9-12,14-15H2,1-2H3/t17-/m1/s1. The van der Waals surface area contributed by atoms with Crippen molar-refractivity contribution < 1.29 is 14.1 Å². The van der Waals surface area contributed by atoms with Crippen LogP contribution in [0.25, 0.3) is 0 Å². The minimum absolute atomic E-state index is 0.123. The number of nitrogens with zero attached hydrogens (tertiary/aromatic N) is 3. The summed E-state index contributed by atoms with van der Waals surface area (Å²) < 4.78 is 10.9. The molecule has 0 radical (unpaired) electrons. The zero-order chi connectivity index (χ0) is 18.4. The molecule has 0 N–H and O–H groups in total. The predicted molar refractivity (Wildman–Crippen MR) is 98.9 cm³/mol. The van der Waals surface area contributed by atoms with Gasteiger partial charge in [0.1, 0.15) is 0 Å². The minimum atomic E-state index is -0.123. The molecule has 26 heavy (non-hydrogen) atoms. The molecule has 6 nitrogen and oxygen atoms in total. The van der Waals surface area contributed by atoms with E-state index in [1.165, 1.54) is 5.56 Å². The molecular formula is C20H27N3O3. The van der Waals surface area contributed by atoms with Gasteiger partial charge in [0.2, 0.25) is 0 Å². The average Bonchev–Trinajstić information content (AvgIpc) is 3.32. The van der Waals surface area contributed by atoms with Gasteiger partial charge in [-0.1, -0.05) is 35.5 Å². The number of ether oxygens (including phenoxy) is 1. The molecule has 0 bridgehead atoms. The second-order valence-electron chi connectivity index (χ2n) is 6.97. The summed E-state index contributed by atoms with van der Waals surface area (Å²) in [5.74, 6) is 0.580. The Morgan fingerprint density at radius 3 is 2.81 bits per heavy atom. The van der Waals surface area contributed by atoms with Crippen molar-refractivity contribution in [1.82, 2.24) is 15.0 Å². The Hall–Kier alpha value is -2.18. The van der Waals surface area contributed by atoms with Gasteiger partial charge in [-0.05, 0) is 31.9 Å². The molecule has 140 valence electrons. The highest BCUT2D eigenvalue weighted by Gasteiger charge is 2.23. The number of aromatic nitrogens is 1. The molecule has 0 saturated carbocycles. The first-order valence-electron chi connectivity index (χ1n) is 9.17. The van der Waals surface area contributed by atoms with Crippen molar-refractivity contribution in [3.05, 3.63) is 53.4 Å². The van der Waals surface area contributed by atoms with Gasteiger partial charge in [0, 0.05) is 32.8 Å². The van der Waals surface area contributed by atoms with Gasteiger partial charge in [-0.15, -0.1) is 0 Å². The van der Waals surface area contributed by atoms with E-state index < -0.39 is 0 Å². The van der Waals surface area contributed by atoms with Crippen molar-refractivity contribution in [2.45, 2.75) is 31.9 Å². The number of benzene rings is 1. The van der Waals surface area contributed by atoms with Crippen LogP contribution < -0.4 is 0 Å². The van der Waals surface area contributed by atoms with Crippen molar-refractivity contribution in [2.24, 2.45) is 0 Å². The monoisotopic (exact) mass is 357 g/mol. The maximum Gasteiger partial charge on any atom is 0.275 e. The van der Waals surface area contributed by atoms with Crippen molar-refractivity contribution in [3.8, 4) is 0 Å². The van der Waals surface area contributed by atoms with Crippen LogP contribution in [0.1, 0.15) is 34.7 Å². The van der Waals surface area contributed by atoms with Crippen LogP contribution in [-0.2, 0) is 17.7 Å². The molecule has 1 aromatic carbocycles. The summed E-state index contributed by atoms with van der Waals surface area (Å²) in [5.41, 5.74) is 1.67. The molecule has 0 unspecified atom stereocenters. The molecule has 6 heteroatoms. The van der Waals surface area contributed by atoms with E-state index in [-0.39, 0.29) is 12.0 Å². The van der Waals surface area contributed by atoms with E-state index >= 15 is 0 Å². The van der Waals surface area contributed by atoms with Crippen molar-refractivity contribution in [3.63, 3.8) is 0 Å². The zero-order valence-electron chi connectivity index (χ0n) is 15.6. The van der Waals surface area contributed by atoms with E-state index in [0.717, 1.165) is 32.4 Å². The fourth-order valence-electron chi connectivity index (χ4n) is 3.17. The quantitative estimate of drug-likeness (QED) is 0.727. The van der Waals surface area contributed by atoms with E-state index in [1.807, 2.05) is 13.1 Å². The predicted octanol–water partition coefficient (Wildman–Crippen LogP) is 2.60. The lowest BCUT2D eigenvalue weighted by atomic mass is 10.1. The highest BCUT2D eigenvalue weighted by molar-refractivity contribution is 5.92. The fourth-order valence-corrected chi connectivity index (χ4v) is 3.17. The van der Waals surface area contributed by atoms with E-state index in [4.69, 9.17) is 9.26 Å². The Labute approximate surface area is 154 Å². The SMILES string of the molecule is CN(CCc1ccccc1)Cc1cc(C(=O)N(C)C[C@H]2CCCO2)no1. The van der Waals surface area contributed by atoms with E-state index in [1.54, 1.807) is 18.0 Å². The number of hydrogen-bond donors (Lipinski definition) is 0. The Balaban J connectivity index is 1.47. The van der Waals surface area contributed by atoms with Crippen LogP contribution in [0.5, 0.6) is 0 Å². The van der Waals surface area contributed by atoms with Gasteiger partial charge in [0.25, 0.3) is 5.91 Å². The second-order valence-corrected chi connectivity index (χ2v) is 6.97. The third-order valence-electron chi connectivity index (χ3n) is 4.68. The smallest absolute Gasteiger partial charge is 0.275 e. The highest BCUT2D eigenvalue weighted by atomic mass is 16.5. The maximum absolute atomic E-state index is 12.5. The summed E-state index contributed by atoms with van der Waals surface area (Å²) in [7, 11) is 3.82. The van der Waals surface area contributed by atoms with Crippen LogP contribution in [-0.4, -0.2) is 60.8 Å². The number of rotatable bonds is 8. The van der Waals surface area contributed by atoms with Crippen molar-refractivity contribution in [1.29, 1.82) is 0 Å². The van der Waals surface area contributed by atoms with Crippen LogP contribution in [0.15, 0.2) is 40.9 Å². The molecule has 1 aromatic heterocycles. The lowest BCUT2D eigenvalue weighted by Gasteiger charge is -2.19. The molecule has 1 fully saturated rings. The van der Waals surface area contributed by atoms with E-state index in [0.29, 0.717) is 24.5 Å². The summed E-state index contributed by atoms with van der Waals surface area (Å²) in [6.45, 7) is 2.92. The zero-order valence-corrected chi connectivity index (χ0v) is 15.6. The summed E-state index contributed by atoms with van der Waals surface area (Å²) in [6.07, 6.45) is 3.19. The number of amides is 1. The largest absolute Gasteiger partial charge is 0.376 e. The molecule has 3 rings (SSSR count). The molecule has 1 aliphatic rings. The number of carbonyl (C=O) groups excluding carboxylic acids is 1. The topological polar surface area (TPSA) is 58.8 Å². The highest BCUT2D eigenvalue weighted by Crippen LogP contribution is 2.15. The Morgan fingerprint density at radius 1 is 1.27 bits per heavy atom. The first-order chi connectivity index (χ1) is 12.6. The molecule has 0 aliphatic carbocycles. The Bertz CT molecular complexity index is 695. The number of likely N-dealkylation sites (N-methyl/N-ethyl adjacent to an activating group) is 2. The third-order valence-corrected chi connectivity index (χ3v) is 4.68. The summed E-state index contributed by atoms with van der Waals surface area (Å²) in [5, 5.41) is 3.95. The summed E-state index contributed by atoms with van der Waals surface area (Å²) in [4.78, 5) is 16.3. The first kappa shape index (κ1) is 18.6. The van der Waals surface area contributed by atoms with E-state index in [2.05, 4.69) is 34.3 Å². The van der Waals surface area contributed by atoms with E-state index in [9.17, 15) is 4.79 Å². The second kappa shape index (κ2) is 8.96. The fraction of sp³-hybridized carbons (Fsp3) is 0.500. The molecule has 1 amide bonds. The van der Waals surface area contributed by atoms with Crippen LogP contribution in [0, 0.1) is 0 Å². The maximum atomic E-state index is 12.5.